The van der Waals surface area contributed by atoms with E-state index in [1.807, 2.05) is 0 Å². The molecule has 0 heterocycles. The largest absolute Gasteiger partial charge is 0.386 e. The number of carbonyl (C=O) groups excluding carboxylic acids is 2. The van der Waals surface area contributed by atoms with Crippen molar-refractivity contribution >= 4 is 17.9 Å². The monoisotopic (exact) mass is 293 g/mol. The van der Waals surface area contributed by atoms with Crippen molar-refractivity contribution in [1.29, 1.82) is 0 Å². The van der Waals surface area contributed by atoms with Crippen LogP contribution < -0.4 is 11.5 Å². The summed E-state index contributed by atoms with van der Waals surface area (Å²) in [5.74, 6) is -1.22. The van der Waals surface area contributed by atoms with Gasteiger partial charge in [0.25, 0.3) is 0 Å². The molecule has 0 atom stereocenters. The fourth-order valence-corrected chi connectivity index (χ4v) is 1.51. The third-order valence-electron chi connectivity index (χ3n) is 2.55. The van der Waals surface area contributed by atoms with E-state index in [2.05, 4.69) is 14.8 Å². The molecular formula is C14H19N3O4. The predicted molar refractivity (Wildman–Crippen MR) is 77.1 cm³/mol. The lowest BCUT2D eigenvalue weighted by Gasteiger charge is -2.03. The maximum absolute atomic E-state index is 11.5. The van der Waals surface area contributed by atoms with E-state index in [1.54, 1.807) is 30.3 Å². The first-order chi connectivity index (χ1) is 10.1. The summed E-state index contributed by atoms with van der Waals surface area (Å²) in [6.07, 6.45) is 2.33. The van der Waals surface area contributed by atoms with Gasteiger partial charge in [0.1, 0.15) is 0 Å². The molecule has 0 saturated heterocycles. The molecule has 0 radical (unpaired) electrons. The highest BCUT2D eigenvalue weighted by atomic mass is 17.2. The van der Waals surface area contributed by atoms with Gasteiger partial charge in [-0.25, -0.2) is 19.4 Å². The summed E-state index contributed by atoms with van der Waals surface area (Å²) in [5, 5.41) is 0. The molecule has 1 aromatic rings. The van der Waals surface area contributed by atoms with Crippen molar-refractivity contribution in [3.05, 3.63) is 35.9 Å². The number of hydrogen-bond acceptors (Lipinski definition) is 5. The number of nitrogens with zero attached hydrogens (tertiary/aromatic N) is 1. The van der Waals surface area contributed by atoms with Gasteiger partial charge in [-0.2, -0.15) is 0 Å². The minimum Gasteiger partial charge on any atom is -0.370 e. The normalized spacial score (nSPS) is 9.71. The predicted octanol–water partition coefficient (Wildman–Crippen LogP) is 1.14. The Balaban J connectivity index is 2.11. The van der Waals surface area contributed by atoms with Crippen LogP contribution in [0.15, 0.2) is 35.3 Å². The maximum Gasteiger partial charge on any atom is 0.386 e. The van der Waals surface area contributed by atoms with Crippen LogP contribution in [0.4, 0.5) is 0 Å². The number of guanidine groups is 1. The van der Waals surface area contributed by atoms with Crippen molar-refractivity contribution < 1.29 is 19.4 Å². The number of rotatable bonds is 7. The molecule has 0 unspecified atom stereocenters. The molecule has 4 N–H and O–H groups in total. The van der Waals surface area contributed by atoms with Crippen LogP contribution in [-0.4, -0.2) is 24.4 Å². The zero-order valence-electron chi connectivity index (χ0n) is 11.7. The smallest absolute Gasteiger partial charge is 0.370 e. The maximum atomic E-state index is 11.5. The van der Waals surface area contributed by atoms with Gasteiger partial charge in [0.05, 0.1) is 12.0 Å². The molecule has 0 bridgehead atoms. The average molecular weight is 293 g/mol. The molecular weight excluding hydrogens is 274 g/mol. The third kappa shape index (κ3) is 7.56. The highest BCUT2D eigenvalue weighted by Gasteiger charge is 2.11. The summed E-state index contributed by atoms with van der Waals surface area (Å²) in [6, 6.07) is 8.29. The second kappa shape index (κ2) is 9.35. The SMILES string of the molecule is NC(N)=NCCCCCC(=O)OOC(=O)c1ccccc1. The van der Waals surface area contributed by atoms with Crippen LogP contribution in [-0.2, 0) is 14.6 Å². The van der Waals surface area contributed by atoms with Gasteiger partial charge in [0.15, 0.2) is 5.96 Å². The Morgan fingerprint density at radius 3 is 2.38 bits per heavy atom. The van der Waals surface area contributed by atoms with Crippen LogP contribution in [0.25, 0.3) is 0 Å². The Labute approximate surface area is 122 Å². The Morgan fingerprint density at radius 1 is 1.00 bits per heavy atom. The van der Waals surface area contributed by atoms with Crippen molar-refractivity contribution in [3.63, 3.8) is 0 Å². The first-order valence-electron chi connectivity index (χ1n) is 6.61. The van der Waals surface area contributed by atoms with Gasteiger partial charge < -0.3 is 11.5 Å². The summed E-state index contributed by atoms with van der Waals surface area (Å²) in [6.45, 7) is 0.528. The van der Waals surface area contributed by atoms with E-state index in [4.69, 9.17) is 11.5 Å². The molecule has 0 fully saturated rings. The van der Waals surface area contributed by atoms with Gasteiger partial charge >= 0.3 is 11.9 Å². The van der Waals surface area contributed by atoms with Gasteiger partial charge in [-0.15, -0.1) is 0 Å². The zero-order valence-corrected chi connectivity index (χ0v) is 11.7. The number of unbranched alkanes of at least 4 members (excludes halogenated alkanes) is 2. The first-order valence-corrected chi connectivity index (χ1v) is 6.61. The quantitative estimate of drug-likeness (QED) is 0.256. The zero-order chi connectivity index (χ0) is 15.5. The average Bonchev–Trinajstić information content (AvgIpc) is 2.49. The molecule has 7 nitrogen and oxygen atoms in total. The summed E-state index contributed by atoms with van der Waals surface area (Å²) < 4.78 is 0. The van der Waals surface area contributed by atoms with E-state index in [9.17, 15) is 9.59 Å². The molecule has 1 aromatic carbocycles. The minimum atomic E-state index is -0.697. The number of aliphatic imine (C=N–C) groups is 1. The van der Waals surface area contributed by atoms with E-state index >= 15 is 0 Å². The molecule has 7 heteroatoms. The summed E-state index contributed by atoms with van der Waals surface area (Å²) in [7, 11) is 0. The van der Waals surface area contributed by atoms with E-state index in [1.165, 1.54) is 0 Å². The van der Waals surface area contributed by atoms with Crippen molar-refractivity contribution in [2.45, 2.75) is 25.7 Å². The van der Waals surface area contributed by atoms with Gasteiger partial charge in [-0.3, -0.25) is 4.99 Å². The van der Waals surface area contributed by atoms with Gasteiger partial charge in [0, 0.05) is 6.54 Å². The standard InChI is InChI=1S/C14H19N3O4/c15-14(16)17-10-6-2-5-9-12(18)20-21-13(19)11-7-3-1-4-8-11/h1,3-4,7-8H,2,5-6,9-10H2,(H4,15,16,17). The minimum absolute atomic E-state index is 0.0576. The summed E-state index contributed by atoms with van der Waals surface area (Å²) in [5.41, 5.74) is 10.7. The van der Waals surface area contributed by atoms with Crippen LogP contribution in [0.2, 0.25) is 0 Å². The fourth-order valence-electron chi connectivity index (χ4n) is 1.51. The molecule has 21 heavy (non-hydrogen) atoms. The second-order valence-electron chi connectivity index (χ2n) is 4.31. The molecule has 0 aliphatic heterocycles. The third-order valence-corrected chi connectivity index (χ3v) is 2.55. The van der Waals surface area contributed by atoms with Crippen molar-refractivity contribution in [2.24, 2.45) is 16.5 Å². The Kier molecular flexibility index (Phi) is 7.34. The van der Waals surface area contributed by atoms with E-state index in [0.29, 0.717) is 18.5 Å². The second-order valence-corrected chi connectivity index (χ2v) is 4.31. The van der Waals surface area contributed by atoms with Gasteiger partial charge in [-0.1, -0.05) is 24.6 Å². The molecule has 0 aliphatic rings. The van der Waals surface area contributed by atoms with Crippen LogP contribution in [0, 0.1) is 0 Å². The van der Waals surface area contributed by atoms with Crippen molar-refractivity contribution in [2.75, 3.05) is 6.54 Å². The number of carbonyl (C=O) groups is 2. The number of nitrogens with two attached hydrogens (primary N) is 2. The van der Waals surface area contributed by atoms with Crippen molar-refractivity contribution in [3.8, 4) is 0 Å². The van der Waals surface area contributed by atoms with Gasteiger partial charge in [0.2, 0.25) is 0 Å². The molecule has 0 aromatic heterocycles. The highest BCUT2D eigenvalue weighted by Crippen LogP contribution is 2.05. The van der Waals surface area contributed by atoms with Crippen molar-refractivity contribution in [1.82, 2.24) is 0 Å². The Bertz CT molecular complexity index is 484. The highest BCUT2D eigenvalue weighted by molar-refractivity contribution is 5.89. The summed E-state index contributed by atoms with van der Waals surface area (Å²) in [4.78, 5) is 35.6. The van der Waals surface area contributed by atoms with Crippen LogP contribution in [0.5, 0.6) is 0 Å². The molecule has 114 valence electrons. The Hall–Kier alpha value is -2.57. The lowest BCUT2D eigenvalue weighted by atomic mass is 10.2. The van der Waals surface area contributed by atoms with E-state index in [0.717, 1.165) is 12.8 Å². The van der Waals surface area contributed by atoms with E-state index in [-0.39, 0.29) is 12.4 Å². The van der Waals surface area contributed by atoms with Crippen LogP contribution >= 0.6 is 0 Å². The number of hydrogen-bond donors (Lipinski definition) is 2. The van der Waals surface area contributed by atoms with Gasteiger partial charge in [-0.05, 0) is 25.0 Å². The lowest BCUT2D eigenvalue weighted by Crippen LogP contribution is -2.22. The Morgan fingerprint density at radius 2 is 1.71 bits per heavy atom. The summed E-state index contributed by atoms with van der Waals surface area (Å²) >= 11 is 0. The van der Waals surface area contributed by atoms with Crippen LogP contribution in [0.1, 0.15) is 36.0 Å². The lowest BCUT2D eigenvalue weighted by molar-refractivity contribution is -0.234. The van der Waals surface area contributed by atoms with Crippen LogP contribution in [0.3, 0.4) is 0 Å². The molecule has 1 rings (SSSR count). The molecule has 0 amide bonds. The molecule has 0 spiro atoms. The molecule has 0 saturated carbocycles. The van der Waals surface area contributed by atoms with E-state index < -0.39 is 11.9 Å². The molecule has 0 aliphatic carbocycles. The first kappa shape index (κ1) is 16.5. The topological polar surface area (TPSA) is 117 Å². The number of benzene rings is 1. The fraction of sp³-hybridized carbons (Fsp3) is 0.357.